The van der Waals surface area contributed by atoms with Crippen molar-refractivity contribution in [1.29, 1.82) is 0 Å². The van der Waals surface area contributed by atoms with E-state index in [9.17, 15) is 8.42 Å². The van der Waals surface area contributed by atoms with Crippen LogP contribution in [0.2, 0.25) is 18.1 Å². The van der Waals surface area contributed by atoms with E-state index in [0.717, 1.165) is 31.2 Å². The molecule has 0 bridgehead atoms. The van der Waals surface area contributed by atoms with Crippen molar-refractivity contribution in [3.63, 3.8) is 0 Å². The van der Waals surface area contributed by atoms with E-state index in [1.54, 1.807) is 18.2 Å². The van der Waals surface area contributed by atoms with Crippen LogP contribution in [0.25, 0.3) is 0 Å². The molecule has 3 nitrogen and oxygen atoms in total. The summed E-state index contributed by atoms with van der Waals surface area (Å²) in [6.45, 7) is 17.2. The summed E-state index contributed by atoms with van der Waals surface area (Å²) in [7, 11) is -5.62. The first kappa shape index (κ1) is 25.9. The maximum absolute atomic E-state index is 13.4. The Morgan fingerprint density at radius 1 is 1.14 bits per heavy atom. The molecule has 1 aromatic carbocycles. The summed E-state index contributed by atoms with van der Waals surface area (Å²) in [6.07, 6.45) is 8.95. The molecule has 0 amide bonds. The third kappa shape index (κ3) is 7.54. The highest BCUT2D eigenvalue weighted by atomic mass is 32.2. The van der Waals surface area contributed by atoms with Crippen LogP contribution in [-0.4, -0.2) is 22.8 Å². The molecule has 29 heavy (non-hydrogen) atoms. The molecule has 1 aromatic rings. The van der Waals surface area contributed by atoms with Gasteiger partial charge in [0.25, 0.3) is 0 Å². The van der Waals surface area contributed by atoms with E-state index >= 15 is 0 Å². The van der Waals surface area contributed by atoms with E-state index < -0.39 is 18.2 Å². The number of sulfone groups is 1. The lowest BCUT2D eigenvalue weighted by Gasteiger charge is -2.38. The van der Waals surface area contributed by atoms with Crippen molar-refractivity contribution in [2.75, 3.05) is 0 Å². The molecular weight excluding hydrogens is 396 g/mol. The molecule has 0 aliphatic rings. The zero-order valence-electron chi connectivity index (χ0n) is 19.6. The molecule has 0 saturated carbocycles. The molecule has 0 fully saturated rings. The summed E-state index contributed by atoms with van der Waals surface area (Å²) in [5, 5.41) is 0.0700. The Hall–Kier alpha value is -1.17. The molecular formula is C24H40O3SSi. The Morgan fingerprint density at radius 3 is 2.21 bits per heavy atom. The van der Waals surface area contributed by atoms with Crippen LogP contribution in [0.3, 0.4) is 0 Å². The lowest BCUT2D eigenvalue weighted by atomic mass is 10.1. The monoisotopic (exact) mass is 436 g/mol. The quantitative estimate of drug-likeness (QED) is 0.288. The largest absolute Gasteiger partial charge is 0.411 e. The first-order chi connectivity index (χ1) is 13.3. The fourth-order valence-corrected chi connectivity index (χ4v) is 5.31. The van der Waals surface area contributed by atoms with Crippen molar-refractivity contribution in [3.8, 4) is 0 Å². The lowest BCUT2D eigenvalue weighted by Crippen LogP contribution is -2.43. The SMILES string of the molecule is CC/C=C/C(=C\[C@@H](CCCC)O[Si](C)(C)C(C)(C)C)S(=O)(=O)c1ccc(C)cc1. The van der Waals surface area contributed by atoms with Crippen LogP contribution in [-0.2, 0) is 14.3 Å². The zero-order chi connectivity index (χ0) is 22.3. The molecule has 0 radical (unpaired) electrons. The van der Waals surface area contributed by atoms with E-state index in [1.807, 2.05) is 38.1 Å². The fraction of sp³-hybridized carbons (Fsp3) is 0.583. The van der Waals surface area contributed by atoms with Gasteiger partial charge in [-0.1, -0.05) is 71.2 Å². The average molecular weight is 437 g/mol. The Morgan fingerprint density at radius 2 is 1.72 bits per heavy atom. The van der Waals surface area contributed by atoms with Crippen LogP contribution < -0.4 is 0 Å². The van der Waals surface area contributed by atoms with Gasteiger partial charge in [0.05, 0.1) is 15.9 Å². The van der Waals surface area contributed by atoms with E-state index in [-0.39, 0.29) is 11.1 Å². The predicted molar refractivity (Wildman–Crippen MR) is 127 cm³/mol. The van der Waals surface area contributed by atoms with Gasteiger partial charge < -0.3 is 4.43 Å². The number of rotatable bonds is 10. The second-order valence-corrected chi connectivity index (χ2v) is 16.0. The van der Waals surface area contributed by atoms with Crippen LogP contribution >= 0.6 is 0 Å². The van der Waals surface area contributed by atoms with Crippen molar-refractivity contribution in [2.24, 2.45) is 0 Å². The van der Waals surface area contributed by atoms with Crippen molar-refractivity contribution in [1.82, 2.24) is 0 Å². The van der Waals surface area contributed by atoms with Gasteiger partial charge in [-0.2, -0.15) is 0 Å². The molecule has 0 unspecified atom stereocenters. The maximum atomic E-state index is 13.4. The Labute approximate surface area is 180 Å². The van der Waals surface area contributed by atoms with Crippen molar-refractivity contribution >= 4 is 18.2 Å². The van der Waals surface area contributed by atoms with Crippen molar-refractivity contribution < 1.29 is 12.8 Å². The molecule has 1 rings (SSSR count). The molecule has 0 aromatic heterocycles. The van der Waals surface area contributed by atoms with Crippen LogP contribution in [0.4, 0.5) is 0 Å². The second-order valence-electron chi connectivity index (χ2n) is 9.25. The van der Waals surface area contributed by atoms with E-state index in [4.69, 9.17) is 4.43 Å². The molecule has 164 valence electrons. The van der Waals surface area contributed by atoms with Gasteiger partial charge in [-0.05, 0) is 62.2 Å². The van der Waals surface area contributed by atoms with Crippen LogP contribution in [0.15, 0.2) is 52.3 Å². The minimum Gasteiger partial charge on any atom is -0.411 e. The topological polar surface area (TPSA) is 43.4 Å². The van der Waals surface area contributed by atoms with Gasteiger partial charge in [0.15, 0.2) is 8.32 Å². The summed E-state index contributed by atoms with van der Waals surface area (Å²) >= 11 is 0. The van der Waals surface area contributed by atoms with Gasteiger partial charge in [0, 0.05) is 0 Å². The maximum Gasteiger partial charge on any atom is 0.206 e. The van der Waals surface area contributed by atoms with Gasteiger partial charge in [-0.3, -0.25) is 0 Å². The van der Waals surface area contributed by atoms with Gasteiger partial charge in [0.1, 0.15) is 0 Å². The number of allylic oxidation sites excluding steroid dienone is 2. The van der Waals surface area contributed by atoms with Gasteiger partial charge in [-0.15, -0.1) is 0 Å². The summed E-state index contributed by atoms with van der Waals surface area (Å²) < 4.78 is 33.3. The number of hydrogen-bond acceptors (Lipinski definition) is 3. The number of hydrogen-bond donors (Lipinski definition) is 0. The molecule has 0 N–H and O–H groups in total. The molecule has 0 heterocycles. The fourth-order valence-electron chi connectivity index (χ4n) is 2.64. The molecule has 0 saturated heterocycles. The van der Waals surface area contributed by atoms with Crippen LogP contribution in [0.5, 0.6) is 0 Å². The van der Waals surface area contributed by atoms with E-state index in [0.29, 0.717) is 9.80 Å². The Balaban J connectivity index is 3.42. The number of unbranched alkanes of at least 4 members (excludes halogenated alkanes) is 1. The van der Waals surface area contributed by atoms with Gasteiger partial charge in [-0.25, -0.2) is 8.42 Å². The highest BCUT2D eigenvalue weighted by molar-refractivity contribution is 7.95. The number of benzene rings is 1. The third-order valence-electron chi connectivity index (χ3n) is 5.60. The minimum atomic E-state index is -3.59. The van der Waals surface area contributed by atoms with Crippen LogP contribution in [0.1, 0.15) is 65.9 Å². The zero-order valence-corrected chi connectivity index (χ0v) is 21.4. The standard InChI is InChI=1S/C24H40O3SSi/c1-9-11-13-21(27-29(7,8)24(4,5)6)19-23(14-12-10-2)28(25,26)22-17-15-20(3)16-18-22/h12,14-19,21H,9-11,13H2,1-8H3/b14-12+,23-19+/t21-/m1/s1. The lowest BCUT2D eigenvalue weighted by molar-refractivity contribution is 0.211. The minimum absolute atomic E-state index is 0.0700. The smallest absolute Gasteiger partial charge is 0.206 e. The van der Waals surface area contributed by atoms with E-state index in [2.05, 4.69) is 40.8 Å². The predicted octanol–water partition coefficient (Wildman–Crippen LogP) is 7.20. The van der Waals surface area contributed by atoms with Gasteiger partial charge >= 0.3 is 0 Å². The number of aryl methyl sites for hydroxylation is 1. The molecule has 5 heteroatoms. The first-order valence-electron chi connectivity index (χ1n) is 10.7. The van der Waals surface area contributed by atoms with Gasteiger partial charge in [0.2, 0.25) is 9.84 Å². The molecule has 0 aliphatic carbocycles. The van der Waals surface area contributed by atoms with Crippen LogP contribution in [0, 0.1) is 6.92 Å². The summed E-state index contributed by atoms with van der Waals surface area (Å²) in [4.78, 5) is 0.666. The molecule has 0 spiro atoms. The highest BCUT2D eigenvalue weighted by Gasteiger charge is 2.39. The normalized spacial score (nSPS) is 15.1. The van der Waals surface area contributed by atoms with Crippen molar-refractivity contribution in [2.45, 2.75) is 96.4 Å². The van der Waals surface area contributed by atoms with Crippen molar-refractivity contribution in [3.05, 3.63) is 53.0 Å². The molecule has 0 aliphatic heterocycles. The molecule has 1 atom stereocenters. The first-order valence-corrected chi connectivity index (χ1v) is 15.1. The Bertz CT molecular complexity index is 798. The van der Waals surface area contributed by atoms with E-state index in [1.165, 1.54) is 0 Å². The second kappa shape index (κ2) is 10.7. The Kier molecular flexibility index (Phi) is 9.57. The summed E-state index contributed by atoms with van der Waals surface area (Å²) in [6, 6.07) is 7.06. The third-order valence-corrected chi connectivity index (χ3v) is 11.9. The summed E-state index contributed by atoms with van der Waals surface area (Å²) in [5.41, 5.74) is 1.04. The summed E-state index contributed by atoms with van der Waals surface area (Å²) in [5.74, 6) is 0. The highest BCUT2D eigenvalue weighted by Crippen LogP contribution is 2.38. The average Bonchev–Trinajstić information content (AvgIpc) is 2.62.